The second-order valence-electron chi connectivity index (χ2n) is 8.10. The summed E-state index contributed by atoms with van der Waals surface area (Å²) in [6, 6.07) is 7.97. The molecule has 0 saturated carbocycles. The van der Waals surface area contributed by atoms with Crippen LogP contribution in [0.5, 0.6) is 0 Å². The third kappa shape index (κ3) is 5.01. The number of nitrogens with zero attached hydrogens (tertiary/aromatic N) is 3. The van der Waals surface area contributed by atoms with E-state index in [1.165, 1.54) is 5.56 Å². The van der Waals surface area contributed by atoms with Crippen LogP contribution in [-0.4, -0.2) is 59.2 Å². The Balaban J connectivity index is 1.46. The van der Waals surface area contributed by atoms with Gasteiger partial charge in [0.05, 0.1) is 11.6 Å². The Morgan fingerprint density at radius 3 is 2.67 bits per heavy atom. The van der Waals surface area contributed by atoms with E-state index in [9.17, 15) is 4.79 Å². The minimum atomic E-state index is -0.445. The molecule has 1 aliphatic heterocycles. The van der Waals surface area contributed by atoms with Gasteiger partial charge >= 0.3 is 6.09 Å². The van der Waals surface area contributed by atoms with Crippen LogP contribution < -0.4 is 0 Å². The molecular weight excluding hydrogens is 340 g/mol. The first-order valence-electron chi connectivity index (χ1n) is 9.56. The molecule has 2 aromatic rings. The highest BCUT2D eigenvalue weighted by Crippen LogP contribution is 2.21. The van der Waals surface area contributed by atoms with Crippen molar-refractivity contribution in [2.24, 2.45) is 0 Å². The number of hydrogen-bond donors (Lipinski definition) is 1. The van der Waals surface area contributed by atoms with Crippen molar-refractivity contribution in [3.05, 3.63) is 35.5 Å². The van der Waals surface area contributed by atoms with Crippen LogP contribution in [0.4, 0.5) is 4.79 Å². The van der Waals surface area contributed by atoms with Crippen LogP contribution in [0.25, 0.3) is 10.9 Å². The fraction of sp³-hybridized carbons (Fsp3) is 0.524. The molecule has 0 bridgehead atoms. The molecule has 1 aromatic heterocycles. The summed E-state index contributed by atoms with van der Waals surface area (Å²) in [7, 11) is 0. The number of hydrogen-bond acceptors (Lipinski definition) is 4. The summed E-state index contributed by atoms with van der Waals surface area (Å²) in [5, 5.41) is 10.2. The van der Waals surface area contributed by atoms with E-state index in [0.717, 1.165) is 43.4 Å². The van der Waals surface area contributed by atoms with Gasteiger partial charge in [0.25, 0.3) is 0 Å². The van der Waals surface area contributed by atoms with Gasteiger partial charge < -0.3 is 14.6 Å². The van der Waals surface area contributed by atoms with Gasteiger partial charge in [0.15, 0.2) is 0 Å². The molecule has 6 heteroatoms. The third-order valence-electron chi connectivity index (χ3n) is 4.84. The first-order chi connectivity index (χ1) is 12.9. The highest BCUT2D eigenvalue weighted by molar-refractivity contribution is 5.84. The highest BCUT2D eigenvalue weighted by Gasteiger charge is 2.25. The maximum absolute atomic E-state index is 12.1. The Kier molecular flexibility index (Phi) is 5.71. The van der Waals surface area contributed by atoms with Crippen molar-refractivity contribution in [3.8, 4) is 6.07 Å². The summed E-state index contributed by atoms with van der Waals surface area (Å²) in [5.74, 6) is 0. The fourth-order valence-corrected chi connectivity index (χ4v) is 3.43. The number of fused-ring (bicyclic) bond motifs is 1. The molecule has 1 amide bonds. The van der Waals surface area contributed by atoms with E-state index < -0.39 is 5.60 Å². The van der Waals surface area contributed by atoms with E-state index in [4.69, 9.17) is 10.00 Å². The Labute approximate surface area is 160 Å². The molecule has 0 spiro atoms. The first-order valence-corrected chi connectivity index (χ1v) is 9.56. The molecule has 1 aliphatic rings. The molecule has 6 nitrogen and oxygen atoms in total. The lowest BCUT2D eigenvalue weighted by atomic mass is 10.1. The zero-order valence-corrected chi connectivity index (χ0v) is 16.4. The molecule has 2 heterocycles. The van der Waals surface area contributed by atoms with E-state index in [1.54, 1.807) is 4.90 Å². The summed E-state index contributed by atoms with van der Waals surface area (Å²) in [6.07, 6.45) is 3.86. The third-order valence-corrected chi connectivity index (χ3v) is 4.84. The first kappa shape index (κ1) is 19.2. The van der Waals surface area contributed by atoms with Crippen LogP contribution in [0.3, 0.4) is 0 Å². The molecule has 1 N–H and O–H groups in total. The SMILES string of the molecule is CC(C)(C)OC(=O)N1CCN(CCCc2c[nH]c3ccc(C#N)cc23)CC1. The van der Waals surface area contributed by atoms with Gasteiger partial charge in [-0.1, -0.05) is 0 Å². The monoisotopic (exact) mass is 368 g/mol. The number of benzene rings is 1. The van der Waals surface area contributed by atoms with Crippen molar-refractivity contribution in [1.82, 2.24) is 14.8 Å². The van der Waals surface area contributed by atoms with Crippen LogP contribution in [0.2, 0.25) is 0 Å². The van der Waals surface area contributed by atoms with Crippen molar-refractivity contribution in [2.75, 3.05) is 32.7 Å². The van der Waals surface area contributed by atoms with Gasteiger partial charge in [0.2, 0.25) is 0 Å². The average molecular weight is 368 g/mol. The minimum absolute atomic E-state index is 0.214. The van der Waals surface area contributed by atoms with Gasteiger partial charge in [0.1, 0.15) is 5.60 Å². The molecule has 144 valence electrons. The number of nitriles is 1. The van der Waals surface area contributed by atoms with Gasteiger partial charge in [-0.3, -0.25) is 4.90 Å². The number of aromatic amines is 1. The van der Waals surface area contributed by atoms with Crippen molar-refractivity contribution >= 4 is 17.0 Å². The number of aromatic nitrogens is 1. The topological polar surface area (TPSA) is 72.4 Å². The normalized spacial score (nSPS) is 15.7. The van der Waals surface area contributed by atoms with Crippen LogP contribution in [0.1, 0.15) is 38.3 Å². The van der Waals surface area contributed by atoms with E-state index >= 15 is 0 Å². The summed E-state index contributed by atoms with van der Waals surface area (Å²) < 4.78 is 5.44. The number of rotatable bonds is 4. The Morgan fingerprint density at radius 2 is 2.00 bits per heavy atom. The van der Waals surface area contributed by atoms with Crippen LogP contribution in [0, 0.1) is 11.3 Å². The lowest BCUT2D eigenvalue weighted by molar-refractivity contribution is 0.0145. The van der Waals surface area contributed by atoms with Crippen molar-refractivity contribution < 1.29 is 9.53 Å². The van der Waals surface area contributed by atoms with Gasteiger partial charge in [0, 0.05) is 43.3 Å². The number of aryl methyl sites for hydroxylation is 1. The summed E-state index contributed by atoms with van der Waals surface area (Å²) in [6.45, 7) is 9.88. The van der Waals surface area contributed by atoms with Crippen molar-refractivity contribution in [1.29, 1.82) is 5.26 Å². The molecule has 1 saturated heterocycles. The quantitative estimate of drug-likeness (QED) is 0.896. The lowest BCUT2D eigenvalue weighted by Gasteiger charge is -2.35. The predicted molar refractivity (Wildman–Crippen MR) is 106 cm³/mol. The second-order valence-corrected chi connectivity index (χ2v) is 8.10. The van der Waals surface area contributed by atoms with Gasteiger partial charge in [-0.2, -0.15) is 5.26 Å². The lowest BCUT2D eigenvalue weighted by Crippen LogP contribution is -2.50. The van der Waals surface area contributed by atoms with E-state index in [1.807, 2.05) is 45.2 Å². The zero-order chi connectivity index (χ0) is 19.4. The van der Waals surface area contributed by atoms with Gasteiger partial charge in [-0.25, -0.2) is 4.79 Å². The van der Waals surface area contributed by atoms with E-state index in [0.29, 0.717) is 18.7 Å². The fourth-order valence-electron chi connectivity index (χ4n) is 3.43. The number of carbonyl (C=O) groups is 1. The number of H-pyrrole nitrogens is 1. The maximum atomic E-state index is 12.1. The molecule has 0 unspecified atom stereocenters. The van der Waals surface area contributed by atoms with E-state index in [-0.39, 0.29) is 6.09 Å². The average Bonchev–Trinajstić information content (AvgIpc) is 3.03. The number of amides is 1. The molecule has 0 radical (unpaired) electrons. The number of ether oxygens (including phenoxy) is 1. The number of nitrogens with one attached hydrogen (secondary N) is 1. The number of piperazine rings is 1. The molecule has 1 aromatic carbocycles. The number of carbonyl (C=O) groups excluding carboxylic acids is 1. The highest BCUT2D eigenvalue weighted by atomic mass is 16.6. The van der Waals surface area contributed by atoms with Crippen molar-refractivity contribution in [2.45, 2.75) is 39.2 Å². The van der Waals surface area contributed by atoms with Gasteiger partial charge in [-0.05, 0) is 63.9 Å². The molecule has 1 fully saturated rings. The molecular formula is C21H28N4O2. The smallest absolute Gasteiger partial charge is 0.410 e. The Hall–Kier alpha value is -2.52. The van der Waals surface area contributed by atoms with Gasteiger partial charge in [-0.15, -0.1) is 0 Å². The van der Waals surface area contributed by atoms with Crippen LogP contribution >= 0.6 is 0 Å². The van der Waals surface area contributed by atoms with Crippen molar-refractivity contribution in [3.63, 3.8) is 0 Å². The maximum Gasteiger partial charge on any atom is 0.410 e. The molecule has 3 rings (SSSR count). The predicted octanol–water partition coefficient (Wildman–Crippen LogP) is 3.52. The summed E-state index contributed by atoms with van der Waals surface area (Å²) in [5.41, 5.74) is 2.59. The molecule has 0 aliphatic carbocycles. The minimum Gasteiger partial charge on any atom is -0.444 e. The summed E-state index contributed by atoms with van der Waals surface area (Å²) in [4.78, 5) is 19.6. The van der Waals surface area contributed by atoms with Crippen LogP contribution in [-0.2, 0) is 11.2 Å². The standard InChI is InChI=1S/C21H28N4O2/c1-21(2,3)27-20(26)25-11-9-24(10-12-25)8-4-5-17-15-23-19-7-6-16(14-22)13-18(17)19/h6-7,13,15,23H,4-5,8-12H2,1-3H3. The zero-order valence-electron chi connectivity index (χ0n) is 16.4. The largest absolute Gasteiger partial charge is 0.444 e. The molecule has 0 atom stereocenters. The van der Waals surface area contributed by atoms with Crippen LogP contribution in [0.15, 0.2) is 24.4 Å². The Bertz CT molecular complexity index is 836. The Morgan fingerprint density at radius 1 is 1.26 bits per heavy atom. The van der Waals surface area contributed by atoms with E-state index in [2.05, 4.69) is 16.0 Å². The molecule has 27 heavy (non-hydrogen) atoms. The second kappa shape index (κ2) is 8.01. The summed E-state index contributed by atoms with van der Waals surface area (Å²) >= 11 is 0.